The van der Waals surface area contributed by atoms with Gasteiger partial charge in [-0.05, 0) is 30.7 Å². The molecule has 2 aromatic heterocycles. The van der Waals surface area contributed by atoms with Crippen LogP contribution in [0.25, 0.3) is 11.1 Å². The van der Waals surface area contributed by atoms with Crippen molar-refractivity contribution in [2.24, 2.45) is 0 Å². The maximum Gasteiger partial charge on any atom is 1.00 e. The average Bonchev–Trinajstić information content (AvgIpc) is 2.30. The molecule has 0 atom stereocenters. The summed E-state index contributed by atoms with van der Waals surface area (Å²) in [5.41, 5.74) is 2.30. The number of aryl methyl sites for hydroxylation is 1. The molecule has 2 aromatic rings. The number of aromatic amines is 1. The van der Waals surface area contributed by atoms with Crippen LogP contribution in [0.4, 0.5) is 0 Å². The molecule has 2 N–H and O–H groups in total. The van der Waals surface area contributed by atoms with Crippen molar-refractivity contribution in [3.05, 3.63) is 52.2 Å². The fourth-order valence-electron chi connectivity index (χ4n) is 1.54. The quantitative estimate of drug-likeness (QED) is 0.632. The Labute approximate surface area is 147 Å². The van der Waals surface area contributed by atoms with Crippen LogP contribution in [0, 0.1) is 18.3 Å². The fourth-order valence-corrected chi connectivity index (χ4v) is 1.54. The number of hydrogen-bond acceptors (Lipinski definition) is 4. The van der Waals surface area contributed by atoms with Crippen LogP contribution >= 0.6 is 0 Å². The summed E-state index contributed by atoms with van der Waals surface area (Å²) in [7, 11) is 0. The van der Waals surface area contributed by atoms with E-state index >= 15 is 0 Å². The normalized spacial score (nSPS) is 8.67. The first-order chi connectivity index (χ1) is 7.72. The van der Waals surface area contributed by atoms with Crippen LogP contribution in [-0.2, 0) is 0 Å². The topological polar surface area (TPSA) is 99.5 Å². The van der Waals surface area contributed by atoms with Crippen LogP contribution in [0.5, 0.6) is 0 Å². The number of nitrogens with one attached hydrogen (secondary N) is 1. The average molecular weight is 267 g/mol. The van der Waals surface area contributed by atoms with E-state index < -0.39 is 0 Å². The molecule has 0 saturated heterocycles. The van der Waals surface area contributed by atoms with E-state index in [1.807, 2.05) is 18.2 Å². The van der Waals surface area contributed by atoms with Gasteiger partial charge in [-0.15, -0.1) is 0 Å². The van der Waals surface area contributed by atoms with Gasteiger partial charge in [0, 0.05) is 23.7 Å². The molecule has 0 bridgehead atoms. The van der Waals surface area contributed by atoms with Crippen LogP contribution in [0.2, 0.25) is 0 Å². The molecule has 86 valence electrons. The van der Waals surface area contributed by atoms with Gasteiger partial charge in [0.15, 0.2) is 0 Å². The zero-order chi connectivity index (χ0) is 11.5. The van der Waals surface area contributed by atoms with Gasteiger partial charge in [0.25, 0.3) is 5.56 Å². The van der Waals surface area contributed by atoms with Gasteiger partial charge in [-0.1, -0.05) is 0 Å². The molecular formula is C12H10KN3O2. The Balaban J connectivity index is 0.00000144. The third-order valence-electron chi connectivity index (χ3n) is 2.35. The molecule has 0 unspecified atom stereocenters. The van der Waals surface area contributed by atoms with Gasteiger partial charge in [0.2, 0.25) is 0 Å². The molecule has 6 heteroatoms. The number of hydrogen-bond donors (Lipinski definition) is 1. The van der Waals surface area contributed by atoms with E-state index in [9.17, 15) is 4.79 Å². The largest absolute Gasteiger partial charge is 1.00 e. The standard InChI is InChI=1S/C12H9N3O.K.H2O/c1-8-11(9-2-4-14-5-3-9)6-10(7-13)12(16)15-8;;/h2-6H,1H3,(H,15,16);;1H2/q;+1;/p-1. The molecule has 0 aliphatic rings. The van der Waals surface area contributed by atoms with E-state index in [2.05, 4.69) is 9.97 Å². The number of pyridine rings is 2. The number of nitrogens with zero attached hydrogens (tertiary/aromatic N) is 2. The van der Waals surface area contributed by atoms with Crippen LogP contribution < -0.4 is 56.9 Å². The molecule has 0 spiro atoms. The summed E-state index contributed by atoms with van der Waals surface area (Å²) in [5.74, 6) is 0. The van der Waals surface area contributed by atoms with E-state index in [-0.39, 0.29) is 68.0 Å². The molecule has 0 radical (unpaired) electrons. The SMILES string of the molecule is Cc1[nH]c(=O)c(C#N)cc1-c1ccncc1.[K+].[OH-]. The predicted molar refractivity (Wildman–Crippen MR) is 61.7 cm³/mol. The molecule has 0 saturated carbocycles. The summed E-state index contributed by atoms with van der Waals surface area (Å²) in [6.45, 7) is 1.80. The molecule has 18 heavy (non-hydrogen) atoms. The summed E-state index contributed by atoms with van der Waals surface area (Å²) in [6.07, 6.45) is 3.35. The Kier molecular flexibility index (Phi) is 7.24. The first kappa shape index (κ1) is 17.2. The van der Waals surface area contributed by atoms with Gasteiger partial charge >= 0.3 is 51.4 Å². The summed E-state index contributed by atoms with van der Waals surface area (Å²) in [4.78, 5) is 17.9. The van der Waals surface area contributed by atoms with E-state index in [1.165, 1.54) is 0 Å². The van der Waals surface area contributed by atoms with E-state index in [0.717, 1.165) is 16.8 Å². The Morgan fingerprint density at radius 1 is 1.33 bits per heavy atom. The van der Waals surface area contributed by atoms with Crippen LogP contribution in [0.1, 0.15) is 11.3 Å². The fraction of sp³-hybridized carbons (Fsp3) is 0.0833. The maximum atomic E-state index is 11.4. The van der Waals surface area contributed by atoms with E-state index in [1.54, 1.807) is 25.4 Å². The smallest absolute Gasteiger partial charge is 0.870 e. The van der Waals surface area contributed by atoms with Crippen molar-refractivity contribution in [1.82, 2.24) is 9.97 Å². The van der Waals surface area contributed by atoms with E-state index in [0.29, 0.717) is 0 Å². The minimum Gasteiger partial charge on any atom is -0.870 e. The van der Waals surface area contributed by atoms with Crippen molar-refractivity contribution < 1.29 is 56.9 Å². The third kappa shape index (κ3) is 3.59. The van der Waals surface area contributed by atoms with Crippen LogP contribution in [-0.4, -0.2) is 15.4 Å². The van der Waals surface area contributed by atoms with Crippen molar-refractivity contribution in [2.45, 2.75) is 6.92 Å². The van der Waals surface area contributed by atoms with Crippen molar-refractivity contribution in [1.29, 1.82) is 5.26 Å². The summed E-state index contributed by atoms with van der Waals surface area (Å²) < 4.78 is 0. The van der Waals surface area contributed by atoms with Gasteiger partial charge in [-0.3, -0.25) is 9.78 Å². The van der Waals surface area contributed by atoms with Crippen molar-refractivity contribution >= 4 is 0 Å². The van der Waals surface area contributed by atoms with Gasteiger partial charge in [-0.25, -0.2) is 0 Å². The molecule has 0 amide bonds. The second-order valence-electron chi connectivity index (χ2n) is 3.40. The predicted octanol–water partition coefficient (Wildman–Crippen LogP) is -1.56. The monoisotopic (exact) mass is 267 g/mol. The first-order valence-corrected chi connectivity index (χ1v) is 4.77. The van der Waals surface area contributed by atoms with Crippen molar-refractivity contribution in [2.75, 3.05) is 0 Å². The Morgan fingerprint density at radius 3 is 2.50 bits per heavy atom. The minimum absolute atomic E-state index is 0. The number of rotatable bonds is 1. The maximum absolute atomic E-state index is 11.4. The molecule has 0 aliphatic carbocycles. The Morgan fingerprint density at radius 2 is 1.94 bits per heavy atom. The molecule has 5 nitrogen and oxygen atoms in total. The molecule has 2 heterocycles. The molecule has 0 aromatic carbocycles. The first-order valence-electron chi connectivity index (χ1n) is 4.77. The summed E-state index contributed by atoms with van der Waals surface area (Å²) >= 11 is 0. The third-order valence-corrected chi connectivity index (χ3v) is 2.35. The zero-order valence-corrected chi connectivity index (χ0v) is 13.3. The minimum atomic E-state index is -0.349. The second kappa shape index (κ2) is 7.58. The zero-order valence-electron chi connectivity index (χ0n) is 10.1. The number of nitriles is 1. The Bertz CT molecular complexity index is 617. The summed E-state index contributed by atoms with van der Waals surface area (Å²) in [5, 5.41) is 8.80. The van der Waals surface area contributed by atoms with Crippen LogP contribution in [0.3, 0.4) is 0 Å². The van der Waals surface area contributed by atoms with Gasteiger partial charge < -0.3 is 10.5 Å². The molecule has 2 rings (SSSR count). The number of H-pyrrole nitrogens is 1. The second-order valence-corrected chi connectivity index (χ2v) is 3.40. The molecular weight excluding hydrogens is 257 g/mol. The van der Waals surface area contributed by atoms with E-state index in [4.69, 9.17) is 5.26 Å². The van der Waals surface area contributed by atoms with Crippen molar-refractivity contribution in [3.63, 3.8) is 0 Å². The van der Waals surface area contributed by atoms with Gasteiger partial charge in [0.05, 0.1) is 0 Å². The molecule has 0 fully saturated rings. The molecule has 0 aliphatic heterocycles. The van der Waals surface area contributed by atoms with Gasteiger partial charge in [-0.2, -0.15) is 5.26 Å². The van der Waals surface area contributed by atoms with Gasteiger partial charge in [0.1, 0.15) is 11.6 Å². The number of aromatic nitrogens is 2. The Hall–Kier alpha value is -0.814. The van der Waals surface area contributed by atoms with Crippen LogP contribution in [0.15, 0.2) is 35.4 Å². The summed E-state index contributed by atoms with van der Waals surface area (Å²) in [6, 6.07) is 7.14. The van der Waals surface area contributed by atoms with Crippen molar-refractivity contribution in [3.8, 4) is 17.2 Å².